The molecule has 2 aromatic rings. The molecule has 2 aromatic carbocycles. The fourth-order valence-electron chi connectivity index (χ4n) is 5.57. The molecular formula is C39H59N5O9. The third-order valence-corrected chi connectivity index (χ3v) is 8.39. The standard InChI is InChI=1S/C39H59N5O9/c1-25(2)31-35(46)40-17-18-50-19-20-51-21-22-52-29-15-13-28(14-16-29)24-41-33(37(48)43-31)34(45)30(23-27-11-9-8-10-12-27)42-36(47)32(26(3)4)44-38(49)53-39(5,6)7/h8-16,25-26,30-34,41,45H,17-24H2,1-7H3,(H,40,46)(H,42,47)(H,43,48)(H,44,49)/t30-,31-,32-,33+,34+/m0/s1. The largest absolute Gasteiger partial charge is 0.491 e. The molecule has 2 heterocycles. The van der Waals surface area contributed by atoms with Crippen LogP contribution in [0.1, 0.15) is 59.6 Å². The van der Waals surface area contributed by atoms with Crippen molar-refractivity contribution in [2.24, 2.45) is 11.8 Å². The fourth-order valence-corrected chi connectivity index (χ4v) is 5.57. The molecule has 2 aliphatic heterocycles. The fraction of sp³-hybridized carbons (Fsp3) is 0.590. The molecule has 5 atom stereocenters. The number of hydrogen-bond donors (Lipinski definition) is 6. The maximum Gasteiger partial charge on any atom is 0.408 e. The summed E-state index contributed by atoms with van der Waals surface area (Å²) < 4.78 is 22.3. The number of rotatable bonds is 9. The van der Waals surface area contributed by atoms with E-state index in [1.807, 2.05) is 56.3 Å². The number of nitrogens with one attached hydrogen (secondary N) is 5. The number of hydrogen-bond acceptors (Lipinski definition) is 10. The van der Waals surface area contributed by atoms with E-state index in [0.29, 0.717) is 32.2 Å². The number of fused-ring (bicyclic) bond motifs is 18. The van der Waals surface area contributed by atoms with Gasteiger partial charge < -0.3 is 45.3 Å². The Balaban J connectivity index is 1.95. The highest BCUT2D eigenvalue weighted by atomic mass is 16.6. The molecule has 0 saturated heterocycles. The lowest BCUT2D eigenvalue weighted by Crippen LogP contribution is -2.63. The molecule has 0 spiro atoms. The quantitative estimate of drug-likeness (QED) is 0.209. The van der Waals surface area contributed by atoms with Gasteiger partial charge in [0.1, 0.15) is 36.1 Å². The van der Waals surface area contributed by atoms with E-state index in [4.69, 9.17) is 18.9 Å². The molecule has 2 bridgehead atoms. The van der Waals surface area contributed by atoms with E-state index >= 15 is 0 Å². The summed E-state index contributed by atoms with van der Waals surface area (Å²) >= 11 is 0. The lowest BCUT2D eigenvalue weighted by Gasteiger charge is -2.34. The molecule has 0 aromatic heterocycles. The highest BCUT2D eigenvalue weighted by Crippen LogP contribution is 2.16. The van der Waals surface area contributed by atoms with Gasteiger partial charge in [0, 0.05) is 13.1 Å². The van der Waals surface area contributed by atoms with E-state index < -0.39 is 59.7 Å². The van der Waals surface area contributed by atoms with Crippen LogP contribution in [0.3, 0.4) is 0 Å². The first-order valence-electron chi connectivity index (χ1n) is 18.3. The van der Waals surface area contributed by atoms with Gasteiger partial charge in [0.25, 0.3) is 0 Å². The summed E-state index contributed by atoms with van der Waals surface area (Å²) in [5.74, 6) is -1.60. The van der Waals surface area contributed by atoms with Crippen LogP contribution in [0.25, 0.3) is 0 Å². The van der Waals surface area contributed by atoms with Crippen molar-refractivity contribution >= 4 is 23.8 Å². The van der Waals surface area contributed by atoms with Crippen molar-refractivity contribution < 1.29 is 43.2 Å². The van der Waals surface area contributed by atoms with Gasteiger partial charge in [-0.15, -0.1) is 0 Å². The Hall–Kier alpha value is -4.24. The Labute approximate surface area is 313 Å². The molecule has 294 valence electrons. The summed E-state index contributed by atoms with van der Waals surface area (Å²) in [6, 6.07) is 12.3. The lowest BCUT2D eigenvalue weighted by atomic mass is 9.93. The topological polar surface area (TPSA) is 186 Å². The van der Waals surface area contributed by atoms with Gasteiger partial charge in [0.05, 0.1) is 38.6 Å². The third-order valence-electron chi connectivity index (χ3n) is 8.39. The Bertz CT molecular complexity index is 1430. The van der Waals surface area contributed by atoms with Crippen LogP contribution >= 0.6 is 0 Å². The van der Waals surface area contributed by atoms with Gasteiger partial charge >= 0.3 is 6.09 Å². The minimum Gasteiger partial charge on any atom is -0.491 e. The highest BCUT2D eigenvalue weighted by molar-refractivity contribution is 5.90. The van der Waals surface area contributed by atoms with Gasteiger partial charge in [-0.05, 0) is 62.3 Å². The Morgan fingerprint density at radius 3 is 2.13 bits per heavy atom. The van der Waals surface area contributed by atoms with E-state index in [1.54, 1.807) is 46.8 Å². The number of ether oxygens (including phenoxy) is 4. The predicted octanol–water partition coefficient (Wildman–Crippen LogP) is 2.47. The van der Waals surface area contributed by atoms with Crippen molar-refractivity contribution in [2.45, 2.75) is 97.3 Å². The minimum atomic E-state index is -1.50. The van der Waals surface area contributed by atoms with Crippen molar-refractivity contribution in [1.82, 2.24) is 26.6 Å². The molecule has 6 N–H and O–H groups in total. The molecule has 0 aliphatic carbocycles. The summed E-state index contributed by atoms with van der Waals surface area (Å²) in [6.45, 7) is 14.4. The summed E-state index contributed by atoms with van der Waals surface area (Å²) in [4.78, 5) is 54.1. The molecule has 2 aliphatic rings. The number of aliphatic hydroxyl groups excluding tert-OH is 1. The number of amides is 4. The number of aliphatic hydroxyl groups is 1. The molecule has 14 nitrogen and oxygen atoms in total. The average Bonchev–Trinajstić information content (AvgIpc) is 3.09. The third kappa shape index (κ3) is 15.3. The van der Waals surface area contributed by atoms with E-state index in [2.05, 4.69) is 26.6 Å². The van der Waals surface area contributed by atoms with Gasteiger partial charge in [0.15, 0.2) is 0 Å². The lowest BCUT2D eigenvalue weighted by molar-refractivity contribution is -0.134. The second-order valence-corrected chi connectivity index (χ2v) is 14.8. The van der Waals surface area contributed by atoms with Crippen LogP contribution in [-0.2, 0) is 41.6 Å². The first kappa shape index (κ1) is 43.2. The number of carbonyl (C=O) groups is 4. The Morgan fingerprint density at radius 1 is 0.868 bits per heavy atom. The van der Waals surface area contributed by atoms with Crippen molar-refractivity contribution in [1.29, 1.82) is 0 Å². The second kappa shape index (κ2) is 21.5. The van der Waals surface area contributed by atoms with E-state index in [0.717, 1.165) is 11.1 Å². The van der Waals surface area contributed by atoms with Crippen LogP contribution in [0.2, 0.25) is 0 Å². The molecule has 0 unspecified atom stereocenters. The van der Waals surface area contributed by atoms with Gasteiger partial charge in [-0.3, -0.25) is 19.7 Å². The number of benzene rings is 2. The van der Waals surface area contributed by atoms with E-state index in [9.17, 15) is 24.3 Å². The first-order chi connectivity index (χ1) is 25.1. The monoisotopic (exact) mass is 741 g/mol. The van der Waals surface area contributed by atoms with Gasteiger partial charge in [0.2, 0.25) is 17.7 Å². The zero-order valence-electron chi connectivity index (χ0n) is 32.1. The zero-order valence-corrected chi connectivity index (χ0v) is 32.1. The minimum absolute atomic E-state index is 0.153. The van der Waals surface area contributed by atoms with E-state index in [1.165, 1.54) is 0 Å². The van der Waals surface area contributed by atoms with Gasteiger partial charge in [-0.1, -0.05) is 70.2 Å². The predicted molar refractivity (Wildman–Crippen MR) is 200 cm³/mol. The summed E-state index contributed by atoms with van der Waals surface area (Å²) in [5.41, 5.74) is 0.808. The molecule has 4 amide bonds. The van der Waals surface area contributed by atoms with Crippen LogP contribution in [0.15, 0.2) is 54.6 Å². The SMILES string of the molecule is CC(C)[C@H](NC(=O)OC(C)(C)C)C(=O)N[C@@H](Cc1ccccc1)[C@@H](O)[C@H]1NCc2ccc(cc2)OCCOCCOCCNC(=O)[C@H](C(C)C)NC1=O. The van der Waals surface area contributed by atoms with Crippen LogP contribution in [0.4, 0.5) is 4.79 Å². The Morgan fingerprint density at radius 2 is 1.51 bits per heavy atom. The van der Waals surface area contributed by atoms with Gasteiger partial charge in [-0.2, -0.15) is 0 Å². The number of carbonyl (C=O) groups excluding carboxylic acids is 4. The second-order valence-electron chi connectivity index (χ2n) is 14.8. The average molecular weight is 742 g/mol. The van der Waals surface area contributed by atoms with Crippen molar-refractivity contribution in [2.75, 3.05) is 39.6 Å². The molecule has 0 saturated carbocycles. The summed E-state index contributed by atoms with van der Waals surface area (Å²) in [7, 11) is 0. The summed E-state index contributed by atoms with van der Waals surface area (Å²) in [5, 5.41) is 26.5. The van der Waals surface area contributed by atoms with Crippen LogP contribution in [0, 0.1) is 11.8 Å². The maximum atomic E-state index is 14.2. The van der Waals surface area contributed by atoms with Crippen LogP contribution < -0.4 is 31.3 Å². The Kier molecular flexibility index (Phi) is 17.5. The smallest absolute Gasteiger partial charge is 0.408 e. The summed E-state index contributed by atoms with van der Waals surface area (Å²) in [6.07, 6.45) is -2.10. The molecule has 14 heteroatoms. The molecule has 0 radical (unpaired) electrons. The van der Waals surface area contributed by atoms with Crippen molar-refractivity contribution in [3.63, 3.8) is 0 Å². The van der Waals surface area contributed by atoms with Gasteiger partial charge in [-0.25, -0.2) is 4.79 Å². The zero-order chi connectivity index (χ0) is 39.0. The normalized spacial score (nSPS) is 20.2. The van der Waals surface area contributed by atoms with Crippen molar-refractivity contribution in [3.05, 3.63) is 65.7 Å². The molecule has 0 fully saturated rings. The maximum absolute atomic E-state index is 14.2. The molecule has 53 heavy (non-hydrogen) atoms. The van der Waals surface area contributed by atoms with Crippen molar-refractivity contribution in [3.8, 4) is 5.75 Å². The molecular weight excluding hydrogens is 682 g/mol. The number of alkyl carbamates (subject to hydrolysis) is 1. The highest BCUT2D eigenvalue weighted by Gasteiger charge is 2.38. The molecule has 4 rings (SSSR count). The first-order valence-corrected chi connectivity index (χ1v) is 18.3. The van der Waals surface area contributed by atoms with Crippen LogP contribution in [-0.4, -0.2) is 104 Å². The van der Waals surface area contributed by atoms with E-state index in [-0.39, 0.29) is 38.0 Å². The van der Waals surface area contributed by atoms with Crippen LogP contribution in [0.5, 0.6) is 5.75 Å².